The molecule has 254 valence electrons. The van der Waals surface area contributed by atoms with Gasteiger partial charge in [0.05, 0.1) is 5.69 Å². The minimum absolute atomic E-state index is 0.885. The van der Waals surface area contributed by atoms with E-state index in [1.807, 2.05) is 12.1 Å². The maximum Gasteiger partial charge on any atom is 0.135 e. The first-order valence-electron chi connectivity index (χ1n) is 18.4. The highest BCUT2D eigenvalue weighted by molar-refractivity contribution is 6.07. The fourth-order valence-corrected chi connectivity index (χ4v) is 7.72. The predicted octanol–water partition coefficient (Wildman–Crippen LogP) is 14.9. The van der Waals surface area contributed by atoms with Gasteiger partial charge in [0.25, 0.3) is 0 Å². The summed E-state index contributed by atoms with van der Waals surface area (Å²) in [6.45, 7) is 0. The molecular formula is C52H35NO. The summed E-state index contributed by atoms with van der Waals surface area (Å²) in [7, 11) is 0. The second-order valence-corrected chi connectivity index (χ2v) is 13.8. The van der Waals surface area contributed by atoms with Crippen molar-refractivity contribution in [3.05, 3.63) is 212 Å². The normalized spacial score (nSPS) is 11.3. The second-order valence-electron chi connectivity index (χ2n) is 13.8. The van der Waals surface area contributed by atoms with Crippen molar-refractivity contribution in [3.8, 4) is 44.5 Å². The van der Waals surface area contributed by atoms with Crippen LogP contribution in [0.4, 0.5) is 17.1 Å². The van der Waals surface area contributed by atoms with Gasteiger partial charge in [-0.15, -0.1) is 0 Å². The zero-order valence-corrected chi connectivity index (χ0v) is 29.6. The molecule has 0 bridgehead atoms. The fourth-order valence-electron chi connectivity index (χ4n) is 7.72. The molecule has 0 N–H and O–H groups in total. The number of rotatable bonds is 7. The summed E-state index contributed by atoms with van der Waals surface area (Å²) in [6, 6.07) is 75.9. The van der Waals surface area contributed by atoms with E-state index in [-0.39, 0.29) is 0 Å². The van der Waals surface area contributed by atoms with Crippen LogP contribution in [0.2, 0.25) is 0 Å². The standard InChI is InChI=1S/C52H35NO/c1-2-12-40(13-3-1)47-17-6-8-19-50(47)53(46-31-32-52-49(35-46)48-18-7-9-20-51(48)54-52)45-29-27-38(28-30-45)37-21-23-39(24-22-37)42-15-10-16-43(33-42)44-26-25-36-11-4-5-14-41(36)34-44/h1-35H. The van der Waals surface area contributed by atoms with Gasteiger partial charge in [0.1, 0.15) is 11.2 Å². The first-order valence-corrected chi connectivity index (χ1v) is 18.4. The van der Waals surface area contributed by atoms with Gasteiger partial charge in [0.2, 0.25) is 0 Å². The number of anilines is 3. The van der Waals surface area contributed by atoms with Crippen molar-refractivity contribution in [2.24, 2.45) is 0 Å². The van der Waals surface area contributed by atoms with Gasteiger partial charge in [-0.1, -0.05) is 158 Å². The first-order chi connectivity index (χ1) is 26.7. The molecule has 0 amide bonds. The quantitative estimate of drug-likeness (QED) is 0.166. The fraction of sp³-hybridized carbons (Fsp3) is 0. The number of para-hydroxylation sites is 2. The van der Waals surface area contributed by atoms with Crippen LogP contribution in [0.25, 0.3) is 77.2 Å². The van der Waals surface area contributed by atoms with E-state index in [4.69, 9.17) is 4.42 Å². The highest BCUT2D eigenvalue weighted by Gasteiger charge is 2.19. The number of furan rings is 1. The Bertz CT molecular complexity index is 2920. The molecule has 0 aliphatic carbocycles. The summed E-state index contributed by atoms with van der Waals surface area (Å²) >= 11 is 0. The van der Waals surface area contributed by atoms with Crippen LogP contribution >= 0.6 is 0 Å². The molecule has 0 unspecified atom stereocenters. The van der Waals surface area contributed by atoms with Crippen LogP contribution in [0, 0.1) is 0 Å². The maximum absolute atomic E-state index is 6.21. The monoisotopic (exact) mass is 689 g/mol. The molecule has 0 radical (unpaired) electrons. The molecule has 54 heavy (non-hydrogen) atoms. The largest absolute Gasteiger partial charge is 0.456 e. The Balaban J connectivity index is 0.999. The smallest absolute Gasteiger partial charge is 0.135 e. The summed E-state index contributed by atoms with van der Waals surface area (Å²) in [5, 5.41) is 4.73. The van der Waals surface area contributed by atoms with Crippen molar-refractivity contribution >= 4 is 49.8 Å². The molecule has 1 heterocycles. The van der Waals surface area contributed by atoms with Gasteiger partial charge in [-0.3, -0.25) is 0 Å². The molecule has 2 heteroatoms. The van der Waals surface area contributed by atoms with Gasteiger partial charge in [-0.25, -0.2) is 0 Å². The van der Waals surface area contributed by atoms with Gasteiger partial charge < -0.3 is 9.32 Å². The van der Waals surface area contributed by atoms with E-state index in [0.29, 0.717) is 0 Å². The van der Waals surface area contributed by atoms with E-state index in [0.717, 1.165) is 39.0 Å². The van der Waals surface area contributed by atoms with E-state index in [9.17, 15) is 0 Å². The molecule has 10 aromatic rings. The van der Waals surface area contributed by atoms with Crippen molar-refractivity contribution in [2.45, 2.75) is 0 Å². The minimum Gasteiger partial charge on any atom is -0.456 e. The Morgan fingerprint density at radius 3 is 1.67 bits per heavy atom. The third-order valence-electron chi connectivity index (χ3n) is 10.5. The minimum atomic E-state index is 0.885. The van der Waals surface area contributed by atoms with Gasteiger partial charge in [-0.2, -0.15) is 0 Å². The topological polar surface area (TPSA) is 16.4 Å². The summed E-state index contributed by atoms with van der Waals surface area (Å²) in [5.74, 6) is 0. The number of nitrogens with zero attached hydrogens (tertiary/aromatic N) is 1. The van der Waals surface area contributed by atoms with Crippen LogP contribution in [-0.4, -0.2) is 0 Å². The zero-order valence-electron chi connectivity index (χ0n) is 29.6. The van der Waals surface area contributed by atoms with Gasteiger partial charge in [0.15, 0.2) is 0 Å². The molecule has 0 aliphatic rings. The van der Waals surface area contributed by atoms with E-state index in [1.54, 1.807) is 0 Å². The van der Waals surface area contributed by atoms with Crippen LogP contribution in [-0.2, 0) is 0 Å². The van der Waals surface area contributed by atoms with E-state index >= 15 is 0 Å². The van der Waals surface area contributed by atoms with Gasteiger partial charge in [-0.05, 0) is 104 Å². The maximum atomic E-state index is 6.21. The number of hydrogen-bond donors (Lipinski definition) is 0. The van der Waals surface area contributed by atoms with Crippen LogP contribution in [0.3, 0.4) is 0 Å². The Morgan fingerprint density at radius 1 is 0.296 bits per heavy atom. The number of fused-ring (bicyclic) bond motifs is 4. The van der Waals surface area contributed by atoms with E-state index in [2.05, 4.69) is 205 Å². The lowest BCUT2D eigenvalue weighted by Crippen LogP contribution is -2.11. The van der Waals surface area contributed by atoms with Crippen molar-refractivity contribution in [1.82, 2.24) is 0 Å². The van der Waals surface area contributed by atoms with Crippen molar-refractivity contribution in [1.29, 1.82) is 0 Å². The lowest BCUT2D eigenvalue weighted by molar-refractivity contribution is 0.669. The Labute approximate surface area is 314 Å². The molecule has 0 fully saturated rings. The molecule has 0 aliphatic heterocycles. The summed E-state index contributed by atoms with van der Waals surface area (Å²) < 4.78 is 6.21. The van der Waals surface area contributed by atoms with Crippen molar-refractivity contribution in [2.75, 3.05) is 4.90 Å². The highest BCUT2D eigenvalue weighted by Crippen LogP contribution is 2.43. The Kier molecular flexibility index (Phi) is 7.85. The molecule has 1 aromatic heterocycles. The van der Waals surface area contributed by atoms with Crippen LogP contribution in [0.15, 0.2) is 217 Å². The molecule has 0 atom stereocenters. The molecule has 0 saturated carbocycles. The second kappa shape index (κ2) is 13.4. The van der Waals surface area contributed by atoms with Gasteiger partial charge in [0, 0.05) is 27.7 Å². The van der Waals surface area contributed by atoms with E-state index in [1.165, 1.54) is 55.3 Å². The number of hydrogen-bond acceptors (Lipinski definition) is 2. The predicted molar refractivity (Wildman–Crippen MR) is 228 cm³/mol. The molecule has 0 saturated heterocycles. The number of benzene rings is 9. The Hall–Kier alpha value is -7.16. The van der Waals surface area contributed by atoms with Crippen LogP contribution in [0.1, 0.15) is 0 Å². The summed E-state index contributed by atoms with van der Waals surface area (Å²) in [5.41, 5.74) is 14.6. The zero-order chi connectivity index (χ0) is 35.8. The first kappa shape index (κ1) is 31.6. The van der Waals surface area contributed by atoms with Gasteiger partial charge >= 0.3 is 0 Å². The van der Waals surface area contributed by atoms with Crippen LogP contribution in [0.5, 0.6) is 0 Å². The third kappa shape index (κ3) is 5.81. The highest BCUT2D eigenvalue weighted by atomic mass is 16.3. The Morgan fingerprint density at radius 2 is 0.852 bits per heavy atom. The average molecular weight is 690 g/mol. The molecule has 9 aromatic carbocycles. The lowest BCUT2D eigenvalue weighted by atomic mass is 9.96. The van der Waals surface area contributed by atoms with E-state index < -0.39 is 0 Å². The molecule has 0 spiro atoms. The lowest BCUT2D eigenvalue weighted by Gasteiger charge is -2.28. The van der Waals surface area contributed by atoms with Crippen molar-refractivity contribution < 1.29 is 4.42 Å². The van der Waals surface area contributed by atoms with Crippen LogP contribution < -0.4 is 4.90 Å². The molecular weight excluding hydrogens is 655 g/mol. The molecule has 2 nitrogen and oxygen atoms in total. The summed E-state index contributed by atoms with van der Waals surface area (Å²) in [6.07, 6.45) is 0. The summed E-state index contributed by atoms with van der Waals surface area (Å²) in [4.78, 5) is 2.36. The van der Waals surface area contributed by atoms with Crippen molar-refractivity contribution in [3.63, 3.8) is 0 Å². The average Bonchev–Trinajstić information content (AvgIpc) is 3.63. The SMILES string of the molecule is c1ccc(-c2ccccc2N(c2ccc(-c3ccc(-c4cccc(-c5ccc6ccccc6c5)c4)cc3)cc2)c2ccc3oc4ccccc4c3c2)cc1. The molecule has 10 rings (SSSR count). The third-order valence-corrected chi connectivity index (χ3v) is 10.5.